The quantitative estimate of drug-likeness (QED) is 0.144. The highest BCUT2D eigenvalue weighted by molar-refractivity contribution is 5.69. The smallest absolute Gasteiger partial charge is 0.120 e. The molecule has 47 heavy (non-hydrogen) atoms. The first-order valence-corrected chi connectivity index (χ1v) is 15.9. The van der Waals surface area contributed by atoms with Gasteiger partial charge in [0.25, 0.3) is 0 Å². The lowest BCUT2D eigenvalue weighted by molar-refractivity contribution is 0.311. The molecule has 6 nitrogen and oxygen atoms in total. The second-order valence-corrected chi connectivity index (χ2v) is 11.6. The number of benzene rings is 5. The van der Waals surface area contributed by atoms with Crippen molar-refractivity contribution >= 4 is 0 Å². The zero-order valence-electron chi connectivity index (χ0n) is 26.9. The Morgan fingerprint density at radius 2 is 0.894 bits per heavy atom. The van der Waals surface area contributed by atoms with Gasteiger partial charge in [0.15, 0.2) is 0 Å². The van der Waals surface area contributed by atoms with Crippen LogP contribution in [0.2, 0.25) is 0 Å². The maximum atomic E-state index is 4.56. The Kier molecular flexibility index (Phi) is 10.5. The van der Waals surface area contributed by atoms with Crippen LogP contribution in [0.5, 0.6) is 0 Å². The Morgan fingerprint density at radius 1 is 0.489 bits per heavy atom. The molecular weight excluding hydrogens is 576 g/mol. The van der Waals surface area contributed by atoms with Crippen molar-refractivity contribution in [3.63, 3.8) is 0 Å². The van der Waals surface area contributed by atoms with Crippen molar-refractivity contribution < 1.29 is 0 Å². The predicted molar refractivity (Wildman–Crippen MR) is 193 cm³/mol. The molecule has 0 atom stereocenters. The maximum absolute atomic E-state index is 4.56. The summed E-state index contributed by atoms with van der Waals surface area (Å²) in [6, 6.07) is 48.5. The van der Waals surface area contributed by atoms with E-state index in [0.717, 1.165) is 53.8 Å². The van der Waals surface area contributed by atoms with E-state index in [4.69, 9.17) is 0 Å². The van der Waals surface area contributed by atoms with Gasteiger partial charge in [-0.25, -0.2) is 9.97 Å². The summed E-state index contributed by atoms with van der Waals surface area (Å²) in [6.45, 7) is 2.45. The molecule has 0 aliphatic heterocycles. The Hall–Kier alpha value is -5.56. The third-order valence-corrected chi connectivity index (χ3v) is 7.92. The highest BCUT2D eigenvalue weighted by Gasteiger charge is 2.08. The number of aromatic amines is 2. The van der Waals surface area contributed by atoms with Crippen molar-refractivity contribution in [2.45, 2.75) is 19.6 Å². The molecule has 7 aromatic rings. The van der Waals surface area contributed by atoms with Gasteiger partial charge in [-0.2, -0.15) is 0 Å². The predicted octanol–water partition coefficient (Wildman–Crippen LogP) is 8.84. The SMILES string of the molecule is CN(Cc1ccccc1)Cc1ncc(-c2ccc(-c3ccccc3)cc2)[nH]1.CNCc1ncc(-c2ccc(-c3ccccc3)cc2)[nH]1. The van der Waals surface area contributed by atoms with Gasteiger partial charge in [0.2, 0.25) is 0 Å². The van der Waals surface area contributed by atoms with Crippen LogP contribution >= 0.6 is 0 Å². The number of rotatable bonds is 10. The lowest BCUT2D eigenvalue weighted by atomic mass is 10.0. The number of nitrogens with one attached hydrogen (secondary N) is 3. The first-order chi connectivity index (χ1) is 23.1. The van der Waals surface area contributed by atoms with Gasteiger partial charge < -0.3 is 15.3 Å². The summed E-state index contributed by atoms with van der Waals surface area (Å²) < 4.78 is 0. The third-order valence-electron chi connectivity index (χ3n) is 7.92. The molecule has 0 amide bonds. The molecular formula is C41H40N6. The summed E-state index contributed by atoms with van der Waals surface area (Å²) in [6.07, 6.45) is 3.80. The molecule has 3 N–H and O–H groups in total. The molecule has 5 aromatic carbocycles. The van der Waals surface area contributed by atoms with Crippen LogP contribution in [-0.2, 0) is 19.6 Å². The minimum absolute atomic E-state index is 0.752. The molecule has 6 heteroatoms. The van der Waals surface area contributed by atoms with E-state index in [1.54, 1.807) is 0 Å². The summed E-state index contributed by atoms with van der Waals surface area (Å²) in [7, 11) is 4.03. The lowest BCUT2D eigenvalue weighted by Gasteiger charge is -2.15. The molecule has 2 heterocycles. The molecule has 0 saturated carbocycles. The molecule has 7 rings (SSSR count). The number of H-pyrrole nitrogens is 2. The Balaban J connectivity index is 0.000000172. The molecule has 234 valence electrons. The van der Waals surface area contributed by atoms with Crippen molar-refractivity contribution in [3.05, 3.63) is 169 Å². The first-order valence-electron chi connectivity index (χ1n) is 15.9. The van der Waals surface area contributed by atoms with E-state index < -0.39 is 0 Å². The molecule has 0 unspecified atom stereocenters. The Labute approximate surface area is 277 Å². The van der Waals surface area contributed by atoms with Crippen molar-refractivity contribution in [1.82, 2.24) is 30.2 Å². The topological polar surface area (TPSA) is 72.6 Å². The zero-order chi connectivity index (χ0) is 32.3. The fourth-order valence-electron chi connectivity index (χ4n) is 5.51. The third kappa shape index (κ3) is 8.58. The van der Waals surface area contributed by atoms with E-state index in [0.29, 0.717) is 0 Å². The highest BCUT2D eigenvalue weighted by atomic mass is 15.1. The molecule has 0 bridgehead atoms. The van der Waals surface area contributed by atoms with E-state index in [9.17, 15) is 0 Å². The first kappa shape index (κ1) is 31.4. The van der Waals surface area contributed by atoms with Gasteiger partial charge in [-0.05, 0) is 53.0 Å². The summed E-state index contributed by atoms with van der Waals surface area (Å²) in [5.41, 5.74) is 10.6. The summed E-state index contributed by atoms with van der Waals surface area (Å²) in [5, 5.41) is 3.09. The van der Waals surface area contributed by atoms with Crippen molar-refractivity contribution in [2.75, 3.05) is 14.1 Å². The molecule has 2 aromatic heterocycles. The largest absolute Gasteiger partial charge is 0.341 e. The normalized spacial score (nSPS) is 10.9. The van der Waals surface area contributed by atoms with E-state index in [-0.39, 0.29) is 0 Å². The van der Waals surface area contributed by atoms with Crippen molar-refractivity contribution in [2.24, 2.45) is 0 Å². The van der Waals surface area contributed by atoms with E-state index >= 15 is 0 Å². The lowest BCUT2D eigenvalue weighted by Crippen LogP contribution is -2.17. The summed E-state index contributed by atoms with van der Waals surface area (Å²) >= 11 is 0. The second-order valence-electron chi connectivity index (χ2n) is 11.6. The van der Waals surface area contributed by atoms with Crippen molar-refractivity contribution in [1.29, 1.82) is 0 Å². The number of hydrogen-bond donors (Lipinski definition) is 3. The van der Waals surface area contributed by atoms with Crippen LogP contribution < -0.4 is 5.32 Å². The van der Waals surface area contributed by atoms with Crippen LogP contribution in [0.4, 0.5) is 0 Å². The van der Waals surface area contributed by atoms with Gasteiger partial charge in [0.05, 0.1) is 36.9 Å². The van der Waals surface area contributed by atoms with Crippen LogP contribution in [0, 0.1) is 0 Å². The van der Waals surface area contributed by atoms with Crippen LogP contribution in [-0.4, -0.2) is 38.9 Å². The van der Waals surface area contributed by atoms with E-state index in [2.05, 4.69) is 159 Å². The molecule has 0 fully saturated rings. The van der Waals surface area contributed by atoms with Crippen LogP contribution in [0.3, 0.4) is 0 Å². The standard InChI is InChI=1S/C24H23N3.C17H17N3/c1-27(17-19-8-4-2-5-9-19)18-24-25-16-23(26-24)22-14-12-21(13-15-22)20-10-6-3-7-11-20;1-18-12-17-19-11-16(20-17)15-9-7-14(8-10-15)13-5-3-2-4-6-13/h2-16H,17-18H2,1H3,(H,25,26);2-11,18H,12H2,1H3,(H,19,20). The number of imidazole rings is 2. The summed E-state index contributed by atoms with van der Waals surface area (Å²) in [4.78, 5) is 17.9. The van der Waals surface area contributed by atoms with Gasteiger partial charge in [0, 0.05) is 6.54 Å². The Bertz CT molecular complexity index is 1930. The van der Waals surface area contributed by atoms with Gasteiger partial charge in [-0.3, -0.25) is 4.90 Å². The number of hydrogen-bond acceptors (Lipinski definition) is 4. The Morgan fingerprint density at radius 3 is 1.38 bits per heavy atom. The maximum Gasteiger partial charge on any atom is 0.120 e. The molecule has 0 saturated heterocycles. The second kappa shape index (κ2) is 15.6. The van der Waals surface area contributed by atoms with Crippen molar-refractivity contribution in [3.8, 4) is 44.8 Å². The van der Waals surface area contributed by atoms with Gasteiger partial charge in [0.1, 0.15) is 11.6 Å². The van der Waals surface area contributed by atoms with E-state index in [1.807, 2.05) is 37.6 Å². The fraction of sp³-hybridized carbons (Fsp3) is 0.122. The number of aromatic nitrogens is 4. The molecule has 0 spiro atoms. The molecule has 0 aliphatic carbocycles. The molecule has 0 radical (unpaired) electrons. The number of nitrogens with zero attached hydrogens (tertiary/aromatic N) is 3. The summed E-state index contributed by atoms with van der Waals surface area (Å²) in [5.74, 6) is 1.94. The average molecular weight is 617 g/mol. The van der Waals surface area contributed by atoms with Crippen LogP contribution in [0.15, 0.2) is 152 Å². The fourth-order valence-corrected chi connectivity index (χ4v) is 5.51. The monoisotopic (exact) mass is 616 g/mol. The van der Waals surface area contributed by atoms with Gasteiger partial charge in [-0.1, -0.05) is 140 Å². The van der Waals surface area contributed by atoms with E-state index in [1.165, 1.54) is 27.8 Å². The zero-order valence-corrected chi connectivity index (χ0v) is 26.9. The highest BCUT2D eigenvalue weighted by Crippen LogP contribution is 2.25. The van der Waals surface area contributed by atoms with Gasteiger partial charge in [-0.15, -0.1) is 0 Å². The molecule has 0 aliphatic rings. The average Bonchev–Trinajstić information content (AvgIpc) is 3.80. The van der Waals surface area contributed by atoms with Gasteiger partial charge >= 0.3 is 0 Å². The van der Waals surface area contributed by atoms with Crippen LogP contribution in [0.1, 0.15) is 17.2 Å². The minimum atomic E-state index is 0.752. The minimum Gasteiger partial charge on any atom is -0.341 e. The van der Waals surface area contributed by atoms with Crippen LogP contribution in [0.25, 0.3) is 44.8 Å².